The second-order valence-corrected chi connectivity index (χ2v) is 6.36. The second kappa shape index (κ2) is 8.54. The maximum atomic E-state index is 5.70. The van der Waals surface area contributed by atoms with Gasteiger partial charge in [-0.2, -0.15) is 4.98 Å². The van der Waals surface area contributed by atoms with Crippen LogP contribution in [0.25, 0.3) is 0 Å². The molecule has 5 nitrogen and oxygen atoms in total. The number of rotatable bonds is 6. The number of hydrogen-bond donors (Lipinski definition) is 1. The Morgan fingerprint density at radius 2 is 2.05 bits per heavy atom. The van der Waals surface area contributed by atoms with Crippen LogP contribution in [0.3, 0.4) is 0 Å². The van der Waals surface area contributed by atoms with Crippen molar-refractivity contribution in [1.82, 2.24) is 9.97 Å². The average molecular weight is 357 g/mol. The normalized spacial score (nSPS) is 16.5. The van der Waals surface area contributed by atoms with E-state index in [-0.39, 0.29) is 0 Å². The van der Waals surface area contributed by atoms with Crippen molar-refractivity contribution in [3.05, 3.63) is 10.7 Å². The standard InChI is InChI=1S/C15H25BrN4O/c1-21-14-13(16)11-18-15(19-14)20(10-6-9-17)12-7-4-2-3-5-8-12/h11-12H,2-10,17H2,1H3. The molecule has 1 aliphatic carbocycles. The van der Waals surface area contributed by atoms with Crippen molar-refractivity contribution in [1.29, 1.82) is 0 Å². The minimum atomic E-state index is 0.518. The van der Waals surface area contributed by atoms with E-state index in [0.29, 0.717) is 18.5 Å². The number of ether oxygens (including phenoxy) is 1. The molecule has 21 heavy (non-hydrogen) atoms. The van der Waals surface area contributed by atoms with E-state index in [1.807, 2.05) is 0 Å². The van der Waals surface area contributed by atoms with Crippen molar-refractivity contribution in [2.75, 3.05) is 25.1 Å². The molecule has 2 rings (SSSR count). The molecule has 0 saturated heterocycles. The molecule has 1 aromatic rings. The van der Waals surface area contributed by atoms with Crippen molar-refractivity contribution < 1.29 is 4.74 Å². The molecule has 118 valence electrons. The Morgan fingerprint density at radius 3 is 2.67 bits per heavy atom. The number of aromatic nitrogens is 2. The molecule has 0 aromatic carbocycles. The van der Waals surface area contributed by atoms with Crippen molar-refractivity contribution in [3.8, 4) is 5.88 Å². The van der Waals surface area contributed by atoms with Crippen LogP contribution in [0.4, 0.5) is 5.95 Å². The summed E-state index contributed by atoms with van der Waals surface area (Å²) in [5, 5.41) is 0. The molecule has 1 fully saturated rings. The number of halogens is 1. The van der Waals surface area contributed by atoms with Gasteiger partial charge in [0.1, 0.15) is 0 Å². The fourth-order valence-corrected chi connectivity index (χ4v) is 3.25. The van der Waals surface area contributed by atoms with Gasteiger partial charge in [0.15, 0.2) is 0 Å². The van der Waals surface area contributed by atoms with Gasteiger partial charge in [-0.25, -0.2) is 4.98 Å². The van der Waals surface area contributed by atoms with Gasteiger partial charge in [-0.1, -0.05) is 25.7 Å². The monoisotopic (exact) mass is 356 g/mol. The van der Waals surface area contributed by atoms with E-state index >= 15 is 0 Å². The van der Waals surface area contributed by atoms with Crippen LogP contribution in [0.15, 0.2) is 10.7 Å². The fourth-order valence-electron chi connectivity index (χ4n) is 2.90. The van der Waals surface area contributed by atoms with Crippen LogP contribution < -0.4 is 15.4 Å². The molecular weight excluding hydrogens is 332 g/mol. The van der Waals surface area contributed by atoms with Gasteiger partial charge < -0.3 is 15.4 Å². The number of hydrogen-bond acceptors (Lipinski definition) is 5. The molecule has 1 aromatic heterocycles. The Morgan fingerprint density at radius 1 is 1.33 bits per heavy atom. The Labute approximate surface area is 135 Å². The lowest BCUT2D eigenvalue weighted by Crippen LogP contribution is -2.38. The molecule has 1 aliphatic rings. The minimum absolute atomic E-state index is 0.518. The van der Waals surface area contributed by atoms with Gasteiger partial charge in [-0.15, -0.1) is 0 Å². The molecule has 0 bridgehead atoms. The zero-order chi connectivity index (χ0) is 15.1. The third kappa shape index (κ3) is 4.54. The maximum Gasteiger partial charge on any atom is 0.232 e. The summed E-state index contributed by atoms with van der Waals surface area (Å²) in [6, 6.07) is 0.518. The molecule has 0 unspecified atom stereocenters. The van der Waals surface area contributed by atoms with Gasteiger partial charge in [0, 0.05) is 12.6 Å². The van der Waals surface area contributed by atoms with Crippen molar-refractivity contribution >= 4 is 21.9 Å². The highest BCUT2D eigenvalue weighted by Crippen LogP contribution is 2.28. The molecule has 0 radical (unpaired) electrons. The summed E-state index contributed by atoms with van der Waals surface area (Å²) in [5.74, 6) is 1.35. The first kappa shape index (κ1) is 16.5. The number of anilines is 1. The number of methoxy groups -OCH3 is 1. The van der Waals surface area contributed by atoms with E-state index in [4.69, 9.17) is 10.5 Å². The van der Waals surface area contributed by atoms with Crippen molar-refractivity contribution in [3.63, 3.8) is 0 Å². The third-order valence-corrected chi connectivity index (χ3v) is 4.56. The summed E-state index contributed by atoms with van der Waals surface area (Å²) in [4.78, 5) is 11.4. The first-order chi connectivity index (χ1) is 10.3. The summed E-state index contributed by atoms with van der Waals surface area (Å²) >= 11 is 3.41. The maximum absolute atomic E-state index is 5.70. The first-order valence-electron chi connectivity index (χ1n) is 7.79. The summed E-state index contributed by atoms with van der Waals surface area (Å²) in [6.45, 7) is 1.60. The average Bonchev–Trinajstić information content (AvgIpc) is 2.78. The quantitative estimate of drug-likeness (QED) is 0.793. The van der Waals surface area contributed by atoms with Gasteiger partial charge in [0.05, 0.1) is 17.8 Å². The molecule has 0 spiro atoms. The van der Waals surface area contributed by atoms with Gasteiger partial charge in [-0.05, 0) is 41.7 Å². The Hall–Kier alpha value is -0.880. The van der Waals surface area contributed by atoms with Crippen LogP contribution in [-0.4, -0.2) is 36.2 Å². The lowest BCUT2D eigenvalue weighted by atomic mass is 10.1. The van der Waals surface area contributed by atoms with E-state index in [1.54, 1.807) is 13.3 Å². The number of nitrogens with zero attached hydrogens (tertiary/aromatic N) is 3. The summed E-state index contributed by atoms with van der Waals surface area (Å²) < 4.78 is 6.09. The summed E-state index contributed by atoms with van der Waals surface area (Å²) in [6.07, 6.45) is 10.4. The van der Waals surface area contributed by atoms with Crippen molar-refractivity contribution in [2.45, 2.75) is 51.0 Å². The third-order valence-electron chi connectivity index (χ3n) is 4.02. The van der Waals surface area contributed by atoms with E-state index < -0.39 is 0 Å². The number of nitrogens with two attached hydrogens (primary N) is 1. The summed E-state index contributed by atoms with van der Waals surface area (Å²) in [7, 11) is 1.63. The van der Waals surface area contributed by atoms with Crippen LogP contribution in [0.1, 0.15) is 44.9 Å². The smallest absolute Gasteiger partial charge is 0.232 e. The lowest BCUT2D eigenvalue weighted by Gasteiger charge is -2.31. The van der Waals surface area contributed by atoms with Crippen LogP contribution in [0.2, 0.25) is 0 Å². The van der Waals surface area contributed by atoms with Gasteiger partial charge in [0.2, 0.25) is 11.8 Å². The van der Waals surface area contributed by atoms with E-state index in [2.05, 4.69) is 30.8 Å². The molecule has 1 heterocycles. The minimum Gasteiger partial charge on any atom is -0.480 e. The van der Waals surface area contributed by atoms with Gasteiger partial charge >= 0.3 is 0 Å². The van der Waals surface area contributed by atoms with Gasteiger partial charge in [0.25, 0.3) is 0 Å². The predicted molar refractivity (Wildman–Crippen MR) is 88.8 cm³/mol. The Bertz CT molecular complexity index is 436. The fraction of sp³-hybridized carbons (Fsp3) is 0.733. The van der Waals surface area contributed by atoms with E-state index in [9.17, 15) is 0 Å². The van der Waals surface area contributed by atoms with Gasteiger partial charge in [-0.3, -0.25) is 0 Å². The van der Waals surface area contributed by atoms with Crippen molar-refractivity contribution in [2.24, 2.45) is 5.73 Å². The summed E-state index contributed by atoms with van der Waals surface area (Å²) in [5.41, 5.74) is 5.70. The second-order valence-electron chi connectivity index (χ2n) is 5.51. The molecule has 0 aliphatic heterocycles. The Kier molecular flexibility index (Phi) is 6.70. The molecule has 1 saturated carbocycles. The van der Waals surface area contributed by atoms with Crippen LogP contribution in [0.5, 0.6) is 5.88 Å². The zero-order valence-electron chi connectivity index (χ0n) is 12.7. The van der Waals surface area contributed by atoms with E-state index in [1.165, 1.54) is 38.5 Å². The highest BCUT2D eigenvalue weighted by molar-refractivity contribution is 9.10. The Balaban J connectivity index is 2.21. The molecular formula is C15H25BrN4O. The highest BCUT2D eigenvalue weighted by atomic mass is 79.9. The predicted octanol–water partition coefficient (Wildman–Crippen LogP) is 3.13. The van der Waals surface area contributed by atoms with Crippen LogP contribution in [-0.2, 0) is 0 Å². The first-order valence-corrected chi connectivity index (χ1v) is 8.58. The molecule has 6 heteroatoms. The SMILES string of the molecule is COc1nc(N(CCCN)C2CCCCCC2)ncc1Br. The van der Waals surface area contributed by atoms with Crippen LogP contribution in [0, 0.1) is 0 Å². The zero-order valence-corrected chi connectivity index (χ0v) is 14.3. The van der Waals surface area contributed by atoms with E-state index in [0.717, 1.165) is 23.4 Å². The lowest BCUT2D eigenvalue weighted by molar-refractivity contribution is 0.392. The van der Waals surface area contributed by atoms with Crippen LogP contribution >= 0.6 is 15.9 Å². The largest absolute Gasteiger partial charge is 0.480 e. The highest BCUT2D eigenvalue weighted by Gasteiger charge is 2.23. The molecule has 2 N–H and O–H groups in total. The topological polar surface area (TPSA) is 64.3 Å². The molecule has 0 atom stereocenters. The molecule has 0 amide bonds.